The van der Waals surface area contributed by atoms with E-state index in [1.807, 2.05) is 62.5 Å². The molecule has 1 aromatic heterocycles. The summed E-state index contributed by atoms with van der Waals surface area (Å²) in [4.78, 5) is 26.1. The second kappa shape index (κ2) is 7.38. The van der Waals surface area contributed by atoms with Crippen LogP contribution in [0.2, 0.25) is 0 Å². The number of hydrogen-bond donors (Lipinski definition) is 0. The molecule has 0 spiro atoms. The van der Waals surface area contributed by atoms with Gasteiger partial charge >= 0.3 is 5.76 Å². The number of fused-ring (bicyclic) bond motifs is 1. The van der Waals surface area contributed by atoms with Crippen LogP contribution in [0.5, 0.6) is 0 Å². The van der Waals surface area contributed by atoms with Crippen molar-refractivity contribution < 1.29 is 9.21 Å². The fraction of sp³-hybridized carbons (Fsp3) is 0.300. The lowest BCUT2D eigenvalue weighted by Crippen LogP contribution is -2.29. The van der Waals surface area contributed by atoms with Crippen molar-refractivity contribution >= 4 is 17.0 Å². The minimum absolute atomic E-state index is 0.0196. The molecule has 0 fully saturated rings. The van der Waals surface area contributed by atoms with Gasteiger partial charge in [0, 0.05) is 20.0 Å². The Kier molecular flexibility index (Phi) is 5.03. The summed E-state index contributed by atoms with van der Waals surface area (Å²) in [5.41, 5.74) is 2.45. The SMILES string of the molecule is C[C@H](c1ccccc1)N(C)C(=O)CCCn1c(=O)oc2ccccc21. The van der Waals surface area contributed by atoms with Crippen LogP contribution >= 0.6 is 0 Å². The van der Waals surface area contributed by atoms with Gasteiger partial charge in [0.15, 0.2) is 5.58 Å². The van der Waals surface area contributed by atoms with Crippen LogP contribution in [-0.2, 0) is 11.3 Å². The van der Waals surface area contributed by atoms with Crippen LogP contribution in [0.3, 0.4) is 0 Å². The lowest BCUT2D eigenvalue weighted by molar-refractivity contribution is -0.131. The van der Waals surface area contributed by atoms with Crippen LogP contribution in [-0.4, -0.2) is 22.4 Å². The van der Waals surface area contributed by atoms with Crippen molar-refractivity contribution in [2.45, 2.75) is 32.4 Å². The summed E-state index contributed by atoms with van der Waals surface area (Å²) in [6.07, 6.45) is 0.980. The first kappa shape index (κ1) is 17.0. The van der Waals surface area contributed by atoms with Gasteiger partial charge in [0.1, 0.15) is 0 Å². The molecule has 0 aliphatic carbocycles. The second-order valence-corrected chi connectivity index (χ2v) is 6.18. The quantitative estimate of drug-likeness (QED) is 0.690. The molecule has 1 heterocycles. The number of benzene rings is 2. The van der Waals surface area contributed by atoms with Crippen LogP contribution in [0.1, 0.15) is 31.4 Å². The number of rotatable bonds is 6. The first-order valence-electron chi connectivity index (χ1n) is 8.47. The molecule has 130 valence electrons. The second-order valence-electron chi connectivity index (χ2n) is 6.18. The van der Waals surface area contributed by atoms with Crippen LogP contribution in [0, 0.1) is 0 Å². The van der Waals surface area contributed by atoms with Crippen LogP contribution in [0.15, 0.2) is 63.8 Å². The van der Waals surface area contributed by atoms with E-state index in [2.05, 4.69) is 0 Å². The lowest BCUT2D eigenvalue weighted by atomic mass is 10.1. The molecule has 0 bridgehead atoms. The molecule has 5 nitrogen and oxygen atoms in total. The van der Waals surface area contributed by atoms with Gasteiger partial charge in [0.2, 0.25) is 5.91 Å². The smallest absolute Gasteiger partial charge is 0.408 e. The average molecular weight is 338 g/mol. The zero-order valence-corrected chi connectivity index (χ0v) is 14.5. The largest absolute Gasteiger partial charge is 0.419 e. The van der Waals surface area contributed by atoms with Crippen LogP contribution < -0.4 is 5.76 Å². The first-order valence-corrected chi connectivity index (χ1v) is 8.47. The number of carbonyl (C=O) groups is 1. The fourth-order valence-corrected chi connectivity index (χ4v) is 2.96. The van der Waals surface area contributed by atoms with Crippen molar-refractivity contribution in [3.05, 3.63) is 70.7 Å². The summed E-state index contributed by atoms with van der Waals surface area (Å²) in [5.74, 6) is -0.308. The molecular weight excluding hydrogens is 316 g/mol. The summed E-state index contributed by atoms with van der Waals surface area (Å²) >= 11 is 0. The van der Waals surface area contributed by atoms with Gasteiger partial charge < -0.3 is 9.32 Å². The van der Waals surface area contributed by atoms with Gasteiger partial charge in [-0.05, 0) is 31.0 Å². The van der Waals surface area contributed by atoms with Crippen molar-refractivity contribution in [1.29, 1.82) is 0 Å². The molecule has 0 saturated carbocycles. The number of aromatic nitrogens is 1. The number of carbonyl (C=O) groups excluding carboxylic acids is 1. The Balaban J connectivity index is 1.60. The third-order valence-electron chi connectivity index (χ3n) is 4.60. The molecular formula is C20H22N2O3. The monoisotopic (exact) mass is 338 g/mol. The topological polar surface area (TPSA) is 55.5 Å². The molecule has 1 atom stereocenters. The van der Waals surface area contributed by atoms with Crippen LogP contribution in [0.25, 0.3) is 11.1 Å². The van der Waals surface area contributed by atoms with Crippen LogP contribution in [0.4, 0.5) is 0 Å². The number of hydrogen-bond acceptors (Lipinski definition) is 3. The third-order valence-corrected chi connectivity index (χ3v) is 4.60. The Labute approximate surface area is 146 Å². The van der Waals surface area contributed by atoms with E-state index in [-0.39, 0.29) is 17.7 Å². The standard InChI is InChI=1S/C20H22N2O3/c1-15(16-9-4-3-5-10-16)21(2)19(23)13-8-14-22-17-11-6-7-12-18(17)25-20(22)24/h3-7,9-12,15H,8,13-14H2,1-2H3/t15-/m1/s1. The Morgan fingerprint density at radius 3 is 2.56 bits per heavy atom. The van der Waals surface area contributed by atoms with Gasteiger partial charge in [-0.25, -0.2) is 4.79 Å². The minimum atomic E-state index is -0.375. The lowest BCUT2D eigenvalue weighted by Gasteiger charge is -2.25. The van der Waals surface area contributed by atoms with E-state index in [9.17, 15) is 9.59 Å². The highest BCUT2D eigenvalue weighted by Crippen LogP contribution is 2.19. The summed E-state index contributed by atoms with van der Waals surface area (Å²) < 4.78 is 6.80. The van der Waals surface area contributed by atoms with E-state index < -0.39 is 0 Å². The maximum atomic E-state index is 12.4. The van der Waals surface area contributed by atoms with Gasteiger partial charge in [-0.3, -0.25) is 9.36 Å². The molecule has 0 saturated heterocycles. The number of nitrogens with zero attached hydrogens (tertiary/aromatic N) is 2. The van der Waals surface area contributed by atoms with E-state index in [0.29, 0.717) is 25.0 Å². The zero-order chi connectivity index (χ0) is 17.8. The maximum absolute atomic E-state index is 12.4. The number of oxazole rings is 1. The predicted octanol–water partition coefficient (Wildman–Crippen LogP) is 3.59. The van der Waals surface area contributed by atoms with E-state index in [0.717, 1.165) is 11.1 Å². The Bertz CT molecular complexity index is 911. The molecule has 0 N–H and O–H groups in total. The Morgan fingerprint density at radius 1 is 1.12 bits per heavy atom. The summed E-state index contributed by atoms with van der Waals surface area (Å²) in [6, 6.07) is 17.3. The van der Waals surface area contributed by atoms with Gasteiger partial charge in [0.25, 0.3) is 0 Å². The van der Waals surface area contributed by atoms with Crippen molar-refractivity contribution in [3.8, 4) is 0 Å². The predicted molar refractivity (Wildman–Crippen MR) is 97.3 cm³/mol. The van der Waals surface area contributed by atoms with E-state index in [1.54, 1.807) is 15.5 Å². The number of aryl methyl sites for hydroxylation is 1. The number of amides is 1. The molecule has 0 aliphatic rings. The highest BCUT2D eigenvalue weighted by atomic mass is 16.4. The first-order chi connectivity index (χ1) is 12.1. The highest BCUT2D eigenvalue weighted by molar-refractivity contribution is 5.76. The molecule has 0 unspecified atom stereocenters. The Morgan fingerprint density at radius 2 is 1.80 bits per heavy atom. The summed E-state index contributed by atoms with van der Waals surface area (Å²) in [6.45, 7) is 2.48. The normalized spacial score (nSPS) is 12.2. The van der Waals surface area contributed by atoms with E-state index in [1.165, 1.54) is 0 Å². The molecule has 2 aromatic carbocycles. The third kappa shape index (κ3) is 3.65. The van der Waals surface area contributed by atoms with Gasteiger partial charge in [-0.15, -0.1) is 0 Å². The molecule has 0 aliphatic heterocycles. The van der Waals surface area contributed by atoms with E-state index >= 15 is 0 Å². The minimum Gasteiger partial charge on any atom is -0.408 e. The number of para-hydroxylation sites is 2. The van der Waals surface area contributed by atoms with Crippen molar-refractivity contribution in [2.75, 3.05) is 7.05 Å². The van der Waals surface area contributed by atoms with E-state index in [4.69, 9.17) is 4.42 Å². The molecule has 5 heteroatoms. The molecule has 0 radical (unpaired) electrons. The molecule has 3 aromatic rings. The molecule has 25 heavy (non-hydrogen) atoms. The van der Waals surface area contributed by atoms with Crippen molar-refractivity contribution in [1.82, 2.24) is 9.47 Å². The van der Waals surface area contributed by atoms with Gasteiger partial charge in [0.05, 0.1) is 11.6 Å². The maximum Gasteiger partial charge on any atom is 0.419 e. The summed E-state index contributed by atoms with van der Waals surface area (Å²) in [7, 11) is 1.82. The van der Waals surface area contributed by atoms with Gasteiger partial charge in [-0.1, -0.05) is 42.5 Å². The Hall–Kier alpha value is -2.82. The highest BCUT2D eigenvalue weighted by Gasteiger charge is 2.17. The fourth-order valence-electron chi connectivity index (χ4n) is 2.96. The van der Waals surface area contributed by atoms with Crippen molar-refractivity contribution in [3.63, 3.8) is 0 Å². The molecule has 1 amide bonds. The zero-order valence-electron chi connectivity index (χ0n) is 14.5. The van der Waals surface area contributed by atoms with Crippen molar-refractivity contribution in [2.24, 2.45) is 0 Å². The molecule has 3 rings (SSSR count). The van der Waals surface area contributed by atoms with Gasteiger partial charge in [-0.2, -0.15) is 0 Å². The summed E-state index contributed by atoms with van der Waals surface area (Å²) in [5, 5.41) is 0. The average Bonchev–Trinajstić information content (AvgIpc) is 2.96.